The zero-order chi connectivity index (χ0) is 16.9. The Morgan fingerprint density at radius 2 is 1.00 bits per heavy atom. The van der Waals surface area contributed by atoms with E-state index in [9.17, 15) is 9.59 Å². The molecule has 0 saturated heterocycles. The van der Waals surface area contributed by atoms with E-state index in [1.54, 1.807) is 22.7 Å². The average molecular weight is 350 g/mol. The van der Waals surface area contributed by atoms with Crippen LogP contribution in [0.1, 0.15) is 20.9 Å². The van der Waals surface area contributed by atoms with Crippen LogP contribution in [0.15, 0.2) is 21.7 Å². The second-order valence-corrected chi connectivity index (χ2v) is 9.12. The van der Waals surface area contributed by atoms with Crippen molar-refractivity contribution in [1.82, 2.24) is 0 Å². The van der Waals surface area contributed by atoms with E-state index < -0.39 is 0 Å². The topological polar surface area (TPSA) is 34.1 Å². The van der Waals surface area contributed by atoms with Crippen LogP contribution in [-0.4, -0.2) is 0 Å². The normalized spacial score (nSPS) is 12.5. The maximum atomic E-state index is 13.0. The zero-order valence-corrected chi connectivity index (χ0v) is 15.4. The van der Waals surface area contributed by atoms with E-state index in [1.165, 1.54) is 0 Å². The van der Waals surface area contributed by atoms with Gasteiger partial charge in [-0.3, -0.25) is 9.59 Å². The molecule has 118 valence electrons. The third kappa shape index (κ3) is 1.47. The predicted octanol–water partition coefficient (Wildman–Crippen LogP) is 5.25. The van der Waals surface area contributed by atoms with Gasteiger partial charge in [-0.05, 0) is 51.0 Å². The number of rotatable bonds is 0. The smallest absolute Gasteiger partial charge is 0.195 e. The first kappa shape index (κ1) is 14.3. The molecule has 0 saturated carbocycles. The fraction of sp³-hybridized carbons (Fsp3) is 0.200. The van der Waals surface area contributed by atoms with E-state index in [4.69, 9.17) is 0 Å². The summed E-state index contributed by atoms with van der Waals surface area (Å²) in [5, 5.41) is 5.20. The van der Waals surface area contributed by atoms with Crippen LogP contribution in [-0.2, 0) is 0 Å². The summed E-state index contributed by atoms with van der Waals surface area (Å²) >= 11 is 3.30. The molecule has 5 rings (SSSR count). The van der Waals surface area contributed by atoms with E-state index in [-0.39, 0.29) is 10.9 Å². The van der Waals surface area contributed by atoms with E-state index >= 15 is 0 Å². The Labute approximate surface area is 145 Å². The fourth-order valence-corrected chi connectivity index (χ4v) is 6.38. The molecule has 0 aliphatic rings. The van der Waals surface area contributed by atoms with Gasteiger partial charge >= 0.3 is 0 Å². The van der Waals surface area contributed by atoms with Crippen LogP contribution in [0.4, 0.5) is 0 Å². The van der Waals surface area contributed by atoms with Gasteiger partial charge < -0.3 is 0 Å². The summed E-state index contributed by atoms with van der Waals surface area (Å²) in [5.41, 5.74) is 2.15. The Hall–Kier alpha value is -2.04. The van der Waals surface area contributed by atoms with Crippen LogP contribution < -0.4 is 10.9 Å². The molecule has 0 amide bonds. The number of hydrogen-bond acceptors (Lipinski definition) is 4. The molecule has 2 nitrogen and oxygen atoms in total. The Kier molecular flexibility index (Phi) is 2.58. The van der Waals surface area contributed by atoms with Crippen molar-refractivity contribution in [1.29, 1.82) is 0 Å². The van der Waals surface area contributed by atoms with Crippen LogP contribution >= 0.6 is 22.7 Å². The highest BCUT2D eigenvalue weighted by atomic mass is 32.1. The van der Waals surface area contributed by atoms with E-state index in [0.717, 1.165) is 62.6 Å². The molecule has 0 radical (unpaired) electrons. The van der Waals surface area contributed by atoms with E-state index in [0.29, 0.717) is 0 Å². The summed E-state index contributed by atoms with van der Waals surface area (Å²) in [6, 6.07) is 3.96. The minimum absolute atomic E-state index is 0.113. The lowest BCUT2D eigenvalue weighted by Crippen LogP contribution is -2.00. The van der Waals surface area contributed by atoms with E-state index in [1.807, 2.05) is 39.8 Å². The van der Waals surface area contributed by atoms with Crippen molar-refractivity contribution in [3.63, 3.8) is 0 Å². The van der Waals surface area contributed by atoms with Gasteiger partial charge in [-0.2, -0.15) is 0 Å². The molecule has 0 fully saturated rings. The molecule has 0 N–H and O–H groups in total. The molecule has 0 aliphatic carbocycles. The number of aryl methyl sites for hydroxylation is 4. The molecule has 2 heterocycles. The Morgan fingerprint density at radius 3 is 1.38 bits per heavy atom. The Bertz CT molecular complexity index is 1310. The van der Waals surface area contributed by atoms with Gasteiger partial charge in [-0.25, -0.2) is 0 Å². The third-order valence-corrected chi connectivity index (χ3v) is 7.24. The molecule has 0 spiro atoms. The van der Waals surface area contributed by atoms with Gasteiger partial charge in [0.1, 0.15) is 0 Å². The molecule has 2 aromatic heterocycles. The first-order valence-corrected chi connectivity index (χ1v) is 9.51. The molecule has 0 unspecified atom stereocenters. The van der Waals surface area contributed by atoms with Gasteiger partial charge in [0, 0.05) is 51.5 Å². The molecular formula is C20H14O2S2. The molecule has 5 aromatic rings. The highest BCUT2D eigenvalue weighted by Gasteiger charge is 2.24. The fourth-order valence-electron chi connectivity index (χ4n) is 4.14. The van der Waals surface area contributed by atoms with Crippen molar-refractivity contribution >= 4 is 64.4 Å². The van der Waals surface area contributed by atoms with Crippen molar-refractivity contribution < 1.29 is 0 Å². The van der Waals surface area contributed by atoms with Gasteiger partial charge in [0.25, 0.3) is 0 Å². The maximum Gasteiger partial charge on any atom is 0.195 e. The first-order valence-electron chi connectivity index (χ1n) is 7.88. The molecule has 0 bridgehead atoms. The summed E-state index contributed by atoms with van der Waals surface area (Å²) in [7, 11) is 0. The number of benzene rings is 1. The highest BCUT2D eigenvalue weighted by Crippen LogP contribution is 2.42. The SMILES string of the molecule is Cc1cc2c(=O)c3c(C)c4c(c(C)c3c2s1)c(=O)c1cc(C)sc14. The summed E-state index contributed by atoms with van der Waals surface area (Å²) in [6.07, 6.45) is 0. The number of fused-ring (bicyclic) bond motifs is 6. The molecule has 0 aliphatic heterocycles. The third-order valence-electron chi connectivity index (χ3n) is 5.11. The predicted molar refractivity (Wildman–Crippen MR) is 106 cm³/mol. The van der Waals surface area contributed by atoms with Gasteiger partial charge in [-0.1, -0.05) is 0 Å². The Balaban J connectivity index is 2.22. The maximum absolute atomic E-state index is 13.0. The standard InChI is InChI=1S/C20H14O2S2/c1-7-5-11-17(21)13-10(4)16-14(9(3)15(13)19(11)23-7)18(22)12-6-8(2)24-20(12)16/h5-6H,1-4H3. The van der Waals surface area contributed by atoms with Gasteiger partial charge in [0.15, 0.2) is 10.9 Å². The van der Waals surface area contributed by atoms with Crippen LogP contribution in [0.25, 0.3) is 41.7 Å². The summed E-state index contributed by atoms with van der Waals surface area (Å²) < 4.78 is 2.07. The molecular weight excluding hydrogens is 336 g/mol. The second-order valence-electron chi connectivity index (χ2n) is 6.61. The average Bonchev–Trinajstić information content (AvgIpc) is 3.20. The molecule has 3 aromatic carbocycles. The number of hydrogen-bond donors (Lipinski definition) is 0. The number of thiophene rings is 2. The van der Waals surface area contributed by atoms with Crippen LogP contribution in [0.2, 0.25) is 0 Å². The summed E-state index contributed by atoms with van der Waals surface area (Å²) in [5.74, 6) is 0. The van der Waals surface area contributed by atoms with Crippen molar-refractivity contribution in [3.8, 4) is 0 Å². The van der Waals surface area contributed by atoms with Crippen molar-refractivity contribution in [2.45, 2.75) is 27.7 Å². The zero-order valence-electron chi connectivity index (χ0n) is 13.8. The minimum Gasteiger partial charge on any atom is -0.289 e. The summed E-state index contributed by atoms with van der Waals surface area (Å²) in [6.45, 7) is 8.04. The van der Waals surface area contributed by atoms with Gasteiger partial charge in [0.2, 0.25) is 0 Å². The van der Waals surface area contributed by atoms with E-state index in [2.05, 4.69) is 0 Å². The van der Waals surface area contributed by atoms with Gasteiger partial charge in [0.05, 0.1) is 0 Å². The highest BCUT2D eigenvalue weighted by molar-refractivity contribution is 7.20. The lowest BCUT2D eigenvalue weighted by molar-refractivity contribution is 1.55. The largest absolute Gasteiger partial charge is 0.289 e. The lowest BCUT2D eigenvalue weighted by atomic mass is 9.99. The van der Waals surface area contributed by atoms with Crippen LogP contribution in [0.3, 0.4) is 0 Å². The monoisotopic (exact) mass is 350 g/mol. The van der Waals surface area contributed by atoms with Crippen molar-refractivity contribution in [3.05, 3.63) is 53.5 Å². The molecule has 24 heavy (non-hydrogen) atoms. The second kappa shape index (κ2) is 4.32. The Morgan fingerprint density at radius 1 is 0.625 bits per heavy atom. The minimum atomic E-state index is 0.113. The first-order chi connectivity index (χ1) is 11.4. The van der Waals surface area contributed by atoms with Crippen molar-refractivity contribution in [2.24, 2.45) is 0 Å². The van der Waals surface area contributed by atoms with Crippen LogP contribution in [0.5, 0.6) is 0 Å². The summed E-state index contributed by atoms with van der Waals surface area (Å²) in [4.78, 5) is 28.3. The van der Waals surface area contributed by atoms with Crippen LogP contribution in [0, 0.1) is 27.7 Å². The quantitative estimate of drug-likeness (QED) is 0.382. The van der Waals surface area contributed by atoms with Gasteiger partial charge in [-0.15, -0.1) is 22.7 Å². The molecule has 4 heteroatoms. The molecule has 0 atom stereocenters. The lowest BCUT2D eigenvalue weighted by Gasteiger charge is -2.05. The van der Waals surface area contributed by atoms with Crippen molar-refractivity contribution in [2.75, 3.05) is 0 Å².